The minimum atomic E-state index is -0.940. The van der Waals surface area contributed by atoms with Gasteiger partial charge in [0.15, 0.2) is 0 Å². The first kappa shape index (κ1) is 12.4. The Kier molecular flexibility index (Phi) is 5.01. The van der Waals surface area contributed by atoms with Gasteiger partial charge in [-0.2, -0.15) is 0 Å². The van der Waals surface area contributed by atoms with Crippen LogP contribution in [-0.2, 0) is 19.0 Å². The molecule has 0 aromatic carbocycles. The molecule has 2 N–H and O–H groups in total. The van der Waals surface area contributed by atoms with Crippen LogP contribution in [0.2, 0.25) is 0 Å². The second kappa shape index (κ2) is 6.05. The molecule has 0 spiro atoms. The van der Waals surface area contributed by atoms with E-state index in [2.05, 4.69) is 0 Å². The molecule has 1 unspecified atom stereocenters. The van der Waals surface area contributed by atoms with Crippen molar-refractivity contribution in [3.05, 3.63) is 0 Å². The first-order chi connectivity index (χ1) is 7.19. The van der Waals surface area contributed by atoms with Crippen LogP contribution < -0.4 is 5.73 Å². The summed E-state index contributed by atoms with van der Waals surface area (Å²) in [5.74, 6) is -0.389. The van der Waals surface area contributed by atoms with Gasteiger partial charge in [0, 0.05) is 19.6 Å². The number of esters is 1. The molecule has 88 valence electrons. The zero-order valence-electron chi connectivity index (χ0n) is 9.16. The second-order valence-corrected chi connectivity index (χ2v) is 3.71. The fourth-order valence-corrected chi connectivity index (χ4v) is 1.33. The van der Waals surface area contributed by atoms with E-state index in [1.165, 1.54) is 0 Å². The van der Waals surface area contributed by atoms with Gasteiger partial charge in [0.05, 0.1) is 13.2 Å². The minimum Gasteiger partial charge on any atom is -0.462 e. The highest BCUT2D eigenvalue weighted by molar-refractivity contribution is 5.81. The largest absolute Gasteiger partial charge is 0.462 e. The molecule has 1 fully saturated rings. The van der Waals surface area contributed by atoms with Gasteiger partial charge in [-0.3, -0.25) is 0 Å². The van der Waals surface area contributed by atoms with Crippen LogP contribution >= 0.6 is 0 Å². The van der Waals surface area contributed by atoms with Crippen molar-refractivity contribution in [2.24, 2.45) is 5.73 Å². The quantitative estimate of drug-likeness (QED) is 0.503. The Balaban J connectivity index is 2.12. The van der Waals surface area contributed by atoms with Gasteiger partial charge in [0.25, 0.3) is 0 Å². The number of rotatable bonds is 6. The normalized spacial score (nSPS) is 25.5. The monoisotopic (exact) mass is 217 g/mol. The van der Waals surface area contributed by atoms with E-state index in [0.29, 0.717) is 26.2 Å². The van der Waals surface area contributed by atoms with Crippen molar-refractivity contribution in [3.63, 3.8) is 0 Å². The van der Waals surface area contributed by atoms with Crippen LogP contribution in [-0.4, -0.2) is 44.5 Å². The topological polar surface area (TPSA) is 70.8 Å². The Morgan fingerprint density at radius 3 is 2.87 bits per heavy atom. The number of hydrogen-bond acceptors (Lipinski definition) is 5. The van der Waals surface area contributed by atoms with Crippen LogP contribution in [0.1, 0.15) is 19.8 Å². The summed E-state index contributed by atoms with van der Waals surface area (Å²) in [4.78, 5) is 11.5. The molecule has 0 saturated carbocycles. The molecular weight excluding hydrogens is 198 g/mol. The molecule has 0 radical (unpaired) electrons. The van der Waals surface area contributed by atoms with E-state index in [1.54, 1.807) is 0 Å². The Labute approximate surface area is 89.9 Å². The summed E-state index contributed by atoms with van der Waals surface area (Å²) in [6.45, 7) is 4.18. The fraction of sp³-hybridized carbons (Fsp3) is 0.900. The van der Waals surface area contributed by atoms with E-state index in [-0.39, 0.29) is 19.2 Å². The highest BCUT2D eigenvalue weighted by Crippen LogP contribution is 2.16. The Morgan fingerprint density at radius 2 is 2.27 bits per heavy atom. The summed E-state index contributed by atoms with van der Waals surface area (Å²) in [5, 5.41) is 0. The number of carbonyl (C=O) groups is 1. The van der Waals surface area contributed by atoms with Crippen LogP contribution in [0.3, 0.4) is 0 Å². The number of nitrogens with two attached hydrogens (primary N) is 1. The molecule has 1 saturated heterocycles. The molecule has 5 heteroatoms. The smallest absolute Gasteiger partial charge is 0.328 e. The summed E-state index contributed by atoms with van der Waals surface area (Å²) >= 11 is 0. The van der Waals surface area contributed by atoms with E-state index in [1.807, 2.05) is 6.92 Å². The van der Waals surface area contributed by atoms with Gasteiger partial charge >= 0.3 is 5.97 Å². The zero-order valence-corrected chi connectivity index (χ0v) is 9.16. The Bertz CT molecular complexity index is 202. The summed E-state index contributed by atoms with van der Waals surface area (Å²) in [5.41, 5.74) is 4.86. The molecule has 15 heavy (non-hydrogen) atoms. The van der Waals surface area contributed by atoms with Crippen molar-refractivity contribution < 1.29 is 19.0 Å². The lowest BCUT2D eigenvalue weighted by atomic mass is 10.0. The van der Waals surface area contributed by atoms with Gasteiger partial charge in [0.1, 0.15) is 12.1 Å². The molecular formula is C10H19NO4. The number of carbonyl (C=O) groups excluding carboxylic acids is 1. The molecule has 0 amide bonds. The van der Waals surface area contributed by atoms with Crippen molar-refractivity contribution in [3.8, 4) is 0 Å². The van der Waals surface area contributed by atoms with Crippen molar-refractivity contribution in [2.45, 2.75) is 25.3 Å². The average molecular weight is 217 g/mol. The summed E-state index contributed by atoms with van der Waals surface area (Å²) in [6, 6.07) is 0. The predicted molar refractivity (Wildman–Crippen MR) is 54.4 cm³/mol. The summed E-state index contributed by atoms with van der Waals surface area (Å²) in [6.07, 6.45) is 1.49. The van der Waals surface area contributed by atoms with Gasteiger partial charge in [-0.1, -0.05) is 6.92 Å². The van der Waals surface area contributed by atoms with E-state index < -0.39 is 5.54 Å². The third-order valence-corrected chi connectivity index (χ3v) is 2.27. The van der Waals surface area contributed by atoms with Crippen molar-refractivity contribution >= 4 is 5.97 Å². The van der Waals surface area contributed by atoms with E-state index in [9.17, 15) is 4.79 Å². The average Bonchev–Trinajstić information content (AvgIpc) is 2.66. The molecule has 1 rings (SSSR count). The maximum Gasteiger partial charge on any atom is 0.328 e. The number of hydrogen-bond donors (Lipinski definition) is 1. The maximum absolute atomic E-state index is 11.5. The molecule has 1 aliphatic rings. The van der Waals surface area contributed by atoms with Gasteiger partial charge in [-0.15, -0.1) is 0 Å². The van der Waals surface area contributed by atoms with E-state index in [0.717, 1.165) is 6.42 Å². The van der Waals surface area contributed by atoms with Crippen LogP contribution in [0.5, 0.6) is 0 Å². The minimum absolute atomic E-state index is 0.252. The molecule has 0 aromatic rings. The van der Waals surface area contributed by atoms with Crippen LogP contribution in [0.25, 0.3) is 0 Å². The molecule has 1 heterocycles. The van der Waals surface area contributed by atoms with Gasteiger partial charge < -0.3 is 19.9 Å². The highest BCUT2D eigenvalue weighted by atomic mass is 16.6. The number of ether oxygens (including phenoxy) is 3. The van der Waals surface area contributed by atoms with Gasteiger partial charge in [0.2, 0.25) is 0 Å². The van der Waals surface area contributed by atoms with Crippen LogP contribution in [0.4, 0.5) is 0 Å². The van der Waals surface area contributed by atoms with Crippen molar-refractivity contribution in [2.75, 3.05) is 33.0 Å². The third-order valence-electron chi connectivity index (χ3n) is 2.27. The molecule has 0 bridgehead atoms. The van der Waals surface area contributed by atoms with Crippen molar-refractivity contribution in [1.29, 1.82) is 0 Å². The molecule has 1 atom stereocenters. The lowest BCUT2D eigenvalue weighted by Crippen LogP contribution is -2.49. The van der Waals surface area contributed by atoms with E-state index in [4.69, 9.17) is 19.9 Å². The Morgan fingerprint density at radius 1 is 1.47 bits per heavy atom. The zero-order chi connectivity index (χ0) is 11.1. The molecule has 5 nitrogen and oxygen atoms in total. The first-order valence-corrected chi connectivity index (χ1v) is 5.30. The predicted octanol–water partition coefficient (Wildman–Crippen LogP) is 0.0740. The summed E-state index contributed by atoms with van der Waals surface area (Å²) < 4.78 is 15.3. The van der Waals surface area contributed by atoms with Gasteiger partial charge in [-0.05, 0) is 6.42 Å². The highest BCUT2D eigenvalue weighted by Gasteiger charge is 2.39. The maximum atomic E-state index is 11.5. The molecule has 0 aromatic heterocycles. The lowest BCUT2D eigenvalue weighted by Gasteiger charge is -2.19. The van der Waals surface area contributed by atoms with Gasteiger partial charge in [-0.25, -0.2) is 4.79 Å². The second-order valence-electron chi connectivity index (χ2n) is 3.71. The first-order valence-electron chi connectivity index (χ1n) is 5.30. The van der Waals surface area contributed by atoms with Crippen LogP contribution in [0.15, 0.2) is 0 Å². The van der Waals surface area contributed by atoms with Crippen molar-refractivity contribution in [1.82, 2.24) is 0 Å². The third kappa shape index (κ3) is 3.77. The lowest BCUT2D eigenvalue weighted by molar-refractivity contribution is -0.151. The molecule has 1 aliphatic heterocycles. The van der Waals surface area contributed by atoms with E-state index >= 15 is 0 Å². The molecule has 0 aliphatic carbocycles. The SMILES string of the molecule is CCCOCCOC(=O)C1(N)CCOC1. The fourth-order valence-electron chi connectivity index (χ4n) is 1.33. The summed E-state index contributed by atoms with van der Waals surface area (Å²) in [7, 11) is 0. The standard InChI is InChI=1S/C10H19NO4/c1-2-4-13-6-7-15-9(12)10(11)3-5-14-8-10/h2-8,11H2,1H3. The van der Waals surface area contributed by atoms with Crippen LogP contribution in [0, 0.1) is 0 Å². The Hall–Kier alpha value is -0.650.